The molecule has 1 fully saturated rings. The van der Waals surface area contributed by atoms with E-state index in [0.29, 0.717) is 37.9 Å². The number of aryl methyl sites for hydroxylation is 2. The van der Waals surface area contributed by atoms with Gasteiger partial charge in [0.05, 0.1) is 24.5 Å². The van der Waals surface area contributed by atoms with E-state index in [0.717, 1.165) is 28.2 Å². The van der Waals surface area contributed by atoms with Gasteiger partial charge >= 0.3 is 0 Å². The third-order valence-corrected chi connectivity index (χ3v) is 5.19. The number of amides is 2. The van der Waals surface area contributed by atoms with Crippen LogP contribution >= 0.6 is 0 Å². The molecule has 0 aromatic heterocycles. The van der Waals surface area contributed by atoms with Crippen molar-refractivity contribution in [3.63, 3.8) is 0 Å². The summed E-state index contributed by atoms with van der Waals surface area (Å²) in [6.45, 7) is 5.55. The quantitative estimate of drug-likeness (QED) is 0.745. The number of rotatable bonds is 3. The zero-order chi connectivity index (χ0) is 20.7. The van der Waals surface area contributed by atoms with Crippen LogP contribution in [0.25, 0.3) is 5.57 Å². The topological polar surface area (TPSA) is 49.9 Å². The van der Waals surface area contributed by atoms with Crippen molar-refractivity contribution in [2.75, 3.05) is 31.2 Å². The van der Waals surface area contributed by atoms with Crippen molar-refractivity contribution in [1.82, 2.24) is 4.90 Å². The van der Waals surface area contributed by atoms with Gasteiger partial charge in [0.15, 0.2) is 0 Å². The molecule has 2 amide bonds. The van der Waals surface area contributed by atoms with Gasteiger partial charge < -0.3 is 9.64 Å². The van der Waals surface area contributed by atoms with Crippen molar-refractivity contribution in [1.29, 1.82) is 0 Å². The van der Waals surface area contributed by atoms with Gasteiger partial charge in [0.25, 0.3) is 11.8 Å². The maximum Gasteiger partial charge on any atom is 0.282 e. The van der Waals surface area contributed by atoms with Crippen LogP contribution in [0.3, 0.4) is 0 Å². The summed E-state index contributed by atoms with van der Waals surface area (Å²) in [7, 11) is 0. The highest BCUT2D eigenvalue weighted by atomic mass is 19.1. The molecule has 0 bridgehead atoms. The Balaban J connectivity index is 1.88. The van der Waals surface area contributed by atoms with E-state index in [4.69, 9.17) is 4.74 Å². The fourth-order valence-electron chi connectivity index (χ4n) is 3.82. The first-order chi connectivity index (χ1) is 13.9. The average Bonchev–Trinajstić information content (AvgIpc) is 2.93. The summed E-state index contributed by atoms with van der Waals surface area (Å²) in [5, 5.41) is 0. The van der Waals surface area contributed by atoms with Crippen molar-refractivity contribution in [3.05, 3.63) is 70.4 Å². The maximum atomic E-state index is 14.4. The minimum atomic E-state index is -0.963. The molecule has 0 spiro atoms. The minimum Gasteiger partial charge on any atom is -0.378 e. The van der Waals surface area contributed by atoms with Crippen molar-refractivity contribution in [3.8, 4) is 0 Å². The molecule has 1 saturated heterocycles. The first kappa shape index (κ1) is 19.3. The molecule has 0 saturated carbocycles. The van der Waals surface area contributed by atoms with E-state index < -0.39 is 23.4 Å². The van der Waals surface area contributed by atoms with E-state index in [-0.39, 0.29) is 17.0 Å². The molecule has 0 radical (unpaired) electrons. The second-order valence-corrected chi connectivity index (χ2v) is 7.18. The maximum absolute atomic E-state index is 14.4. The van der Waals surface area contributed by atoms with E-state index in [1.807, 2.05) is 26.0 Å². The Morgan fingerprint density at radius 3 is 2.31 bits per heavy atom. The van der Waals surface area contributed by atoms with Crippen LogP contribution in [0.4, 0.5) is 14.5 Å². The molecule has 2 aromatic carbocycles. The predicted octanol–water partition coefficient (Wildman–Crippen LogP) is 3.20. The highest BCUT2D eigenvalue weighted by molar-refractivity contribution is 6.45. The molecule has 4 rings (SSSR count). The molecule has 0 aliphatic carbocycles. The van der Waals surface area contributed by atoms with Crippen molar-refractivity contribution in [2.45, 2.75) is 13.8 Å². The minimum absolute atomic E-state index is 0.231. The SMILES string of the molecule is Cc1ccc(C2=C(N3CCOCC3)C(=O)N(c3ccc(F)cc3F)C2=O)c(C)c1. The molecule has 29 heavy (non-hydrogen) atoms. The summed E-state index contributed by atoms with van der Waals surface area (Å²) in [5.74, 6) is -2.97. The number of morpholine rings is 1. The van der Waals surface area contributed by atoms with Gasteiger partial charge in [0.1, 0.15) is 17.3 Å². The second-order valence-electron chi connectivity index (χ2n) is 7.18. The predicted molar refractivity (Wildman–Crippen MR) is 104 cm³/mol. The molecule has 150 valence electrons. The Labute approximate surface area is 167 Å². The number of anilines is 1. The van der Waals surface area contributed by atoms with E-state index in [9.17, 15) is 18.4 Å². The number of imide groups is 1. The van der Waals surface area contributed by atoms with Crippen LogP contribution in [0.1, 0.15) is 16.7 Å². The highest BCUT2D eigenvalue weighted by Crippen LogP contribution is 2.37. The monoisotopic (exact) mass is 398 g/mol. The lowest BCUT2D eigenvalue weighted by molar-refractivity contribution is -0.121. The first-order valence-corrected chi connectivity index (χ1v) is 9.37. The van der Waals surface area contributed by atoms with Crippen LogP contribution in [-0.4, -0.2) is 43.0 Å². The summed E-state index contributed by atoms with van der Waals surface area (Å²) in [5.41, 5.74) is 2.70. The highest BCUT2D eigenvalue weighted by Gasteiger charge is 2.44. The summed E-state index contributed by atoms with van der Waals surface area (Å²) in [6, 6.07) is 8.41. The number of ether oxygens (including phenoxy) is 1. The van der Waals surface area contributed by atoms with E-state index >= 15 is 0 Å². The van der Waals surface area contributed by atoms with Crippen LogP contribution in [0, 0.1) is 25.5 Å². The number of hydrogen-bond acceptors (Lipinski definition) is 4. The van der Waals surface area contributed by atoms with Gasteiger partial charge in [-0.05, 0) is 37.1 Å². The number of nitrogens with zero attached hydrogens (tertiary/aromatic N) is 2. The lowest BCUT2D eigenvalue weighted by Gasteiger charge is -2.29. The number of carbonyl (C=O) groups is 2. The normalized spacial score (nSPS) is 17.5. The van der Waals surface area contributed by atoms with Gasteiger partial charge in [-0.1, -0.05) is 23.8 Å². The molecular weight excluding hydrogens is 378 g/mol. The Bertz CT molecular complexity index is 1040. The Morgan fingerprint density at radius 1 is 0.931 bits per heavy atom. The second kappa shape index (κ2) is 7.40. The summed E-state index contributed by atoms with van der Waals surface area (Å²) in [4.78, 5) is 29.3. The summed E-state index contributed by atoms with van der Waals surface area (Å²) >= 11 is 0. The standard InChI is InChI=1S/C22H20F2N2O3/c1-13-3-5-16(14(2)11-13)19-20(25-7-9-29-10-8-25)22(28)26(21(19)27)18-6-4-15(23)12-17(18)24/h3-6,11-12H,7-10H2,1-2H3. The lowest BCUT2D eigenvalue weighted by atomic mass is 9.97. The molecule has 0 unspecified atom stereocenters. The van der Waals surface area contributed by atoms with Gasteiger partial charge in [-0.25, -0.2) is 13.7 Å². The number of halogens is 2. The van der Waals surface area contributed by atoms with Gasteiger partial charge in [-0.3, -0.25) is 9.59 Å². The Kier molecular flexibility index (Phi) is 4.92. The fraction of sp³-hybridized carbons (Fsp3) is 0.273. The summed E-state index contributed by atoms with van der Waals surface area (Å²) in [6.07, 6.45) is 0. The molecule has 5 nitrogen and oxygen atoms in total. The van der Waals surface area contributed by atoms with Gasteiger partial charge in [0.2, 0.25) is 0 Å². The van der Waals surface area contributed by atoms with Crippen molar-refractivity contribution in [2.24, 2.45) is 0 Å². The van der Waals surface area contributed by atoms with Crippen molar-refractivity contribution < 1.29 is 23.1 Å². The van der Waals surface area contributed by atoms with E-state index in [1.54, 1.807) is 11.0 Å². The van der Waals surface area contributed by atoms with Gasteiger partial charge in [0, 0.05) is 19.2 Å². The summed E-state index contributed by atoms with van der Waals surface area (Å²) < 4.78 is 33.2. The van der Waals surface area contributed by atoms with Crippen LogP contribution < -0.4 is 4.90 Å². The van der Waals surface area contributed by atoms with Crippen molar-refractivity contribution >= 4 is 23.1 Å². The zero-order valence-corrected chi connectivity index (χ0v) is 16.2. The number of hydrogen-bond donors (Lipinski definition) is 0. The van der Waals surface area contributed by atoms with Crippen LogP contribution in [0.2, 0.25) is 0 Å². The van der Waals surface area contributed by atoms with Crippen LogP contribution in [0.15, 0.2) is 42.1 Å². The Hall–Kier alpha value is -3.06. The molecule has 2 aromatic rings. The molecule has 2 heterocycles. The van der Waals surface area contributed by atoms with Crippen LogP contribution in [-0.2, 0) is 14.3 Å². The molecular formula is C22H20F2N2O3. The third-order valence-electron chi connectivity index (χ3n) is 5.19. The average molecular weight is 398 g/mol. The molecule has 0 N–H and O–H groups in total. The number of carbonyl (C=O) groups excluding carboxylic acids is 2. The smallest absolute Gasteiger partial charge is 0.282 e. The Morgan fingerprint density at radius 2 is 1.66 bits per heavy atom. The van der Waals surface area contributed by atoms with E-state index in [1.165, 1.54) is 0 Å². The third kappa shape index (κ3) is 3.31. The van der Waals surface area contributed by atoms with Gasteiger partial charge in [-0.2, -0.15) is 0 Å². The fourth-order valence-corrected chi connectivity index (χ4v) is 3.82. The number of benzene rings is 2. The largest absolute Gasteiger partial charge is 0.378 e. The molecule has 0 atom stereocenters. The van der Waals surface area contributed by atoms with E-state index in [2.05, 4.69) is 0 Å². The molecule has 7 heteroatoms. The lowest BCUT2D eigenvalue weighted by Crippen LogP contribution is -2.40. The molecule has 2 aliphatic heterocycles. The first-order valence-electron chi connectivity index (χ1n) is 9.37. The van der Waals surface area contributed by atoms with Crippen LogP contribution in [0.5, 0.6) is 0 Å². The van der Waals surface area contributed by atoms with Gasteiger partial charge in [-0.15, -0.1) is 0 Å². The zero-order valence-electron chi connectivity index (χ0n) is 16.2. The molecule has 2 aliphatic rings.